The summed E-state index contributed by atoms with van der Waals surface area (Å²) in [7, 11) is 0. The molecule has 0 bridgehead atoms. The van der Waals surface area contributed by atoms with Crippen LogP contribution in [0.15, 0.2) is 30.3 Å². The molecule has 0 spiro atoms. The molecule has 2 amide bonds. The van der Waals surface area contributed by atoms with Crippen molar-refractivity contribution in [2.45, 2.75) is 38.3 Å². The van der Waals surface area contributed by atoms with Gasteiger partial charge in [-0.05, 0) is 30.7 Å². The lowest BCUT2D eigenvalue weighted by Gasteiger charge is -2.39. The van der Waals surface area contributed by atoms with Crippen LogP contribution in [-0.4, -0.2) is 29.3 Å². The molecule has 0 aromatic heterocycles. The van der Waals surface area contributed by atoms with E-state index < -0.39 is 6.04 Å². The maximum Gasteiger partial charge on any atom is 0.248 e. The predicted molar refractivity (Wildman–Crippen MR) is 75.8 cm³/mol. The minimum Gasteiger partial charge on any atom is -0.342 e. The van der Waals surface area contributed by atoms with Crippen LogP contribution >= 0.6 is 0 Å². The van der Waals surface area contributed by atoms with Crippen LogP contribution in [0.1, 0.15) is 37.8 Å². The highest BCUT2D eigenvalue weighted by molar-refractivity contribution is 5.97. The van der Waals surface area contributed by atoms with Crippen LogP contribution in [0.25, 0.3) is 0 Å². The van der Waals surface area contributed by atoms with E-state index in [9.17, 15) is 9.59 Å². The Hall–Kier alpha value is -1.84. The topological polar surface area (TPSA) is 49.4 Å². The fourth-order valence-corrected chi connectivity index (χ4v) is 2.94. The first-order valence-corrected chi connectivity index (χ1v) is 7.38. The number of carbonyl (C=O) groups is 2. The van der Waals surface area contributed by atoms with E-state index in [1.165, 1.54) is 0 Å². The average Bonchev–Trinajstić information content (AvgIpc) is 3.28. The summed E-state index contributed by atoms with van der Waals surface area (Å²) in [5.41, 5.74) is 0.890. The molecule has 2 fully saturated rings. The number of carbonyl (C=O) groups excluding carboxylic acids is 2. The maximum atomic E-state index is 12.6. The first-order valence-electron chi connectivity index (χ1n) is 7.38. The number of amides is 2. The first kappa shape index (κ1) is 13.2. The highest BCUT2D eigenvalue weighted by Crippen LogP contribution is 2.37. The van der Waals surface area contributed by atoms with E-state index in [1.807, 2.05) is 37.3 Å². The molecule has 1 aliphatic carbocycles. The van der Waals surface area contributed by atoms with Gasteiger partial charge in [0, 0.05) is 6.54 Å². The third-order valence-electron chi connectivity index (χ3n) is 4.08. The van der Waals surface area contributed by atoms with Gasteiger partial charge in [-0.25, -0.2) is 0 Å². The Balaban J connectivity index is 1.91. The van der Waals surface area contributed by atoms with Gasteiger partial charge in [-0.3, -0.25) is 9.59 Å². The van der Waals surface area contributed by atoms with Crippen molar-refractivity contribution in [3.05, 3.63) is 35.9 Å². The molecule has 1 heterocycles. The summed E-state index contributed by atoms with van der Waals surface area (Å²) in [5.74, 6) is 0.395. The molecular formula is C16H20N2O2. The smallest absolute Gasteiger partial charge is 0.248 e. The van der Waals surface area contributed by atoms with Gasteiger partial charge in [0.1, 0.15) is 12.1 Å². The third-order valence-corrected chi connectivity index (χ3v) is 4.08. The Morgan fingerprint density at radius 3 is 2.50 bits per heavy atom. The molecule has 2 unspecified atom stereocenters. The van der Waals surface area contributed by atoms with E-state index in [1.54, 1.807) is 4.90 Å². The van der Waals surface area contributed by atoms with Crippen LogP contribution in [0.2, 0.25) is 0 Å². The summed E-state index contributed by atoms with van der Waals surface area (Å²) in [4.78, 5) is 26.9. The number of hydrogen-bond acceptors (Lipinski definition) is 2. The van der Waals surface area contributed by atoms with Crippen LogP contribution in [0.5, 0.6) is 0 Å². The monoisotopic (exact) mass is 272 g/mol. The van der Waals surface area contributed by atoms with E-state index in [0.29, 0.717) is 12.5 Å². The Kier molecular flexibility index (Phi) is 3.47. The molecular weight excluding hydrogens is 252 g/mol. The van der Waals surface area contributed by atoms with Crippen molar-refractivity contribution in [3.63, 3.8) is 0 Å². The number of nitrogens with zero attached hydrogens (tertiary/aromatic N) is 1. The summed E-state index contributed by atoms with van der Waals surface area (Å²) >= 11 is 0. The van der Waals surface area contributed by atoms with E-state index in [-0.39, 0.29) is 17.9 Å². The standard InChI is InChI=1S/C16H20N2O2/c1-2-10-18-14(12-6-4-3-5-7-12)15(19)17-13(16(18)20)11-8-9-11/h3-7,11,13-14H,2,8-10H2,1H3,(H,17,19). The molecule has 1 saturated carbocycles. The molecule has 0 radical (unpaired) electrons. The molecule has 1 saturated heterocycles. The molecule has 3 rings (SSSR count). The normalized spacial score (nSPS) is 26.6. The molecule has 2 atom stereocenters. The Bertz CT molecular complexity index is 510. The molecule has 4 nitrogen and oxygen atoms in total. The van der Waals surface area contributed by atoms with Gasteiger partial charge in [0.15, 0.2) is 0 Å². The van der Waals surface area contributed by atoms with E-state index in [4.69, 9.17) is 0 Å². The second-order valence-electron chi connectivity index (χ2n) is 5.67. The lowest BCUT2D eigenvalue weighted by atomic mass is 9.97. The largest absolute Gasteiger partial charge is 0.342 e. The summed E-state index contributed by atoms with van der Waals surface area (Å²) in [6, 6.07) is 8.79. The van der Waals surface area contributed by atoms with Crippen molar-refractivity contribution in [1.82, 2.24) is 10.2 Å². The summed E-state index contributed by atoms with van der Waals surface area (Å²) < 4.78 is 0. The van der Waals surface area contributed by atoms with Crippen molar-refractivity contribution in [3.8, 4) is 0 Å². The van der Waals surface area contributed by atoms with Crippen molar-refractivity contribution in [2.75, 3.05) is 6.54 Å². The lowest BCUT2D eigenvalue weighted by molar-refractivity contribution is -0.150. The molecule has 1 aliphatic heterocycles. The van der Waals surface area contributed by atoms with Crippen LogP contribution < -0.4 is 5.32 Å². The van der Waals surface area contributed by atoms with Crippen LogP contribution in [-0.2, 0) is 9.59 Å². The number of rotatable bonds is 4. The van der Waals surface area contributed by atoms with Gasteiger partial charge < -0.3 is 10.2 Å². The fraction of sp³-hybridized carbons (Fsp3) is 0.500. The van der Waals surface area contributed by atoms with E-state index in [2.05, 4.69) is 5.32 Å². The Morgan fingerprint density at radius 2 is 1.90 bits per heavy atom. The molecule has 2 aliphatic rings. The molecule has 106 valence electrons. The Labute approximate surface area is 119 Å². The van der Waals surface area contributed by atoms with Crippen molar-refractivity contribution in [2.24, 2.45) is 5.92 Å². The van der Waals surface area contributed by atoms with Gasteiger partial charge in [0.2, 0.25) is 11.8 Å². The number of nitrogens with one attached hydrogen (secondary N) is 1. The van der Waals surface area contributed by atoms with E-state index >= 15 is 0 Å². The summed E-state index contributed by atoms with van der Waals surface area (Å²) in [6.07, 6.45) is 2.96. The zero-order valence-corrected chi connectivity index (χ0v) is 11.7. The van der Waals surface area contributed by atoms with Crippen LogP contribution in [0, 0.1) is 5.92 Å². The lowest BCUT2D eigenvalue weighted by Crippen LogP contribution is -2.60. The number of hydrogen-bond donors (Lipinski definition) is 1. The minimum absolute atomic E-state index is 0.0406. The fourth-order valence-electron chi connectivity index (χ4n) is 2.94. The number of piperazine rings is 1. The van der Waals surface area contributed by atoms with Crippen molar-refractivity contribution >= 4 is 11.8 Å². The highest BCUT2D eigenvalue weighted by atomic mass is 16.2. The third kappa shape index (κ3) is 2.30. The quantitative estimate of drug-likeness (QED) is 0.909. The van der Waals surface area contributed by atoms with Crippen molar-refractivity contribution in [1.29, 1.82) is 0 Å². The second-order valence-corrected chi connectivity index (χ2v) is 5.67. The Morgan fingerprint density at radius 1 is 1.20 bits per heavy atom. The first-order chi connectivity index (χ1) is 9.72. The maximum absolute atomic E-state index is 12.6. The molecule has 20 heavy (non-hydrogen) atoms. The average molecular weight is 272 g/mol. The zero-order chi connectivity index (χ0) is 14.1. The van der Waals surface area contributed by atoms with Gasteiger partial charge in [0.05, 0.1) is 0 Å². The number of benzene rings is 1. The van der Waals surface area contributed by atoms with Gasteiger partial charge in [-0.15, -0.1) is 0 Å². The molecule has 1 N–H and O–H groups in total. The van der Waals surface area contributed by atoms with Crippen molar-refractivity contribution < 1.29 is 9.59 Å². The van der Waals surface area contributed by atoms with E-state index in [0.717, 1.165) is 24.8 Å². The molecule has 1 aromatic carbocycles. The second kappa shape index (κ2) is 5.27. The summed E-state index contributed by atoms with van der Waals surface area (Å²) in [5, 5.41) is 2.93. The zero-order valence-electron chi connectivity index (χ0n) is 11.7. The summed E-state index contributed by atoms with van der Waals surface area (Å²) in [6.45, 7) is 2.67. The van der Waals surface area contributed by atoms with Gasteiger partial charge >= 0.3 is 0 Å². The molecule has 4 heteroatoms. The van der Waals surface area contributed by atoms with Gasteiger partial charge in [-0.2, -0.15) is 0 Å². The SMILES string of the molecule is CCCN1C(=O)C(C2CC2)NC(=O)C1c1ccccc1. The van der Waals surface area contributed by atoms with Gasteiger partial charge in [0.25, 0.3) is 0 Å². The van der Waals surface area contributed by atoms with Crippen LogP contribution in [0.3, 0.4) is 0 Å². The minimum atomic E-state index is -0.473. The van der Waals surface area contributed by atoms with Crippen LogP contribution in [0.4, 0.5) is 0 Å². The van der Waals surface area contributed by atoms with Gasteiger partial charge in [-0.1, -0.05) is 37.3 Å². The molecule has 1 aromatic rings. The predicted octanol–water partition coefficient (Wildman–Crippen LogP) is 1.87. The highest BCUT2D eigenvalue weighted by Gasteiger charge is 2.46.